The molecule has 0 bridgehead atoms. The highest BCUT2D eigenvalue weighted by Crippen LogP contribution is 2.36. The predicted octanol–water partition coefficient (Wildman–Crippen LogP) is 3.52. The monoisotopic (exact) mass is 354 g/mol. The van der Waals surface area contributed by atoms with Gasteiger partial charge in [-0.2, -0.15) is 5.10 Å². The number of benzene rings is 1. The van der Waals surface area contributed by atoms with Crippen molar-refractivity contribution in [2.45, 2.75) is 32.6 Å². The van der Waals surface area contributed by atoms with Crippen molar-refractivity contribution >= 4 is 27.5 Å². The molecule has 0 saturated heterocycles. The largest absolute Gasteiger partial charge is 0.493 e. The first kappa shape index (κ1) is 15.8. The fourth-order valence-electron chi connectivity index (χ4n) is 2.22. The normalized spacial score (nSPS) is 14.0. The molecule has 0 aromatic heterocycles. The van der Waals surface area contributed by atoms with Crippen molar-refractivity contribution in [1.82, 2.24) is 5.43 Å². The molecule has 0 unspecified atom stereocenters. The van der Waals surface area contributed by atoms with Crippen molar-refractivity contribution in [1.29, 1.82) is 0 Å². The first-order valence-electron chi connectivity index (χ1n) is 7.01. The summed E-state index contributed by atoms with van der Waals surface area (Å²) in [6, 6.07) is 3.36. The Morgan fingerprint density at radius 2 is 2.10 bits per heavy atom. The standard InChI is InChI=1S/C15H19BrN2O3/c1-3-21-14-12(16)8-10(9-13(14)20-2)15(19)18-17-11-6-4-5-7-11/h8-9H,3-7H2,1-2H3,(H,18,19). The highest BCUT2D eigenvalue weighted by atomic mass is 79.9. The van der Waals surface area contributed by atoms with E-state index >= 15 is 0 Å². The third kappa shape index (κ3) is 3.97. The van der Waals surface area contributed by atoms with Crippen molar-refractivity contribution in [3.05, 3.63) is 22.2 Å². The zero-order valence-corrected chi connectivity index (χ0v) is 13.8. The molecule has 0 spiro atoms. The Morgan fingerprint density at radius 1 is 1.38 bits per heavy atom. The molecule has 1 aliphatic rings. The van der Waals surface area contributed by atoms with Crippen molar-refractivity contribution < 1.29 is 14.3 Å². The smallest absolute Gasteiger partial charge is 0.271 e. The summed E-state index contributed by atoms with van der Waals surface area (Å²) in [5.74, 6) is 0.861. The molecular formula is C15H19BrN2O3. The molecule has 0 aliphatic heterocycles. The van der Waals surface area contributed by atoms with Crippen molar-refractivity contribution in [3.63, 3.8) is 0 Å². The number of methoxy groups -OCH3 is 1. The molecule has 5 nitrogen and oxygen atoms in total. The van der Waals surface area contributed by atoms with Crippen LogP contribution >= 0.6 is 15.9 Å². The minimum Gasteiger partial charge on any atom is -0.493 e. The Bertz CT molecular complexity index is 550. The number of ether oxygens (including phenoxy) is 2. The highest BCUT2D eigenvalue weighted by molar-refractivity contribution is 9.10. The van der Waals surface area contributed by atoms with Gasteiger partial charge in [-0.1, -0.05) is 0 Å². The number of carbonyl (C=O) groups excluding carboxylic acids is 1. The average Bonchev–Trinajstić information content (AvgIpc) is 3.00. The third-order valence-electron chi connectivity index (χ3n) is 3.28. The lowest BCUT2D eigenvalue weighted by Crippen LogP contribution is -2.19. The van der Waals surface area contributed by atoms with Crippen LogP contribution in [-0.4, -0.2) is 25.3 Å². The quantitative estimate of drug-likeness (QED) is 0.823. The van der Waals surface area contributed by atoms with Gasteiger partial charge in [0.05, 0.1) is 18.2 Å². The fraction of sp³-hybridized carbons (Fsp3) is 0.467. The fourth-order valence-corrected chi connectivity index (χ4v) is 2.78. The van der Waals surface area contributed by atoms with Crippen LogP contribution in [0.4, 0.5) is 0 Å². The van der Waals surface area contributed by atoms with Crippen LogP contribution in [0.15, 0.2) is 21.7 Å². The second kappa shape index (κ2) is 7.45. The molecule has 1 aromatic rings. The number of halogens is 1. The van der Waals surface area contributed by atoms with E-state index < -0.39 is 0 Å². The van der Waals surface area contributed by atoms with E-state index in [0.717, 1.165) is 31.4 Å². The molecule has 0 radical (unpaired) electrons. The van der Waals surface area contributed by atoms with Crippen LogP contribution < -0.4 is 14.9 Å². The van der Waals surface area contributed by atoms with Gasteiger partial charge in [0.15, 0.2) is 11.5 Å². The Kier molecular flexibility index (Phi) is 5.61. The molecule has 1 aliphatic carbocycles. The van der Waals surface area contributed by atoms with Crippen LogP contribution in [0, 0.1) is 0 Å². The van der Waals surface area contributed by atoms with Crippen LogP contribution in [0.25, 0.3) is 0 Å². The predicted molar refractivity (Wildman–Crippen MR) is 85.2 cm³/mol. The zero-order valence-electron chi connectivity index (χ0n) is 12.2. The molecule has 1 N–H and O–H groups in total. The van der Waals surface area contributed by atoms with Crippen LogP contribution in [0.3, 0.4) is 0 Å². The van der Waals surface area contributed by atoms with Gasteiger partial charge in [0, 0.05) is 11.3 Å². The molecule has 0 heterocycles. The second-order valence-electron chi connectivity index (χ2n) is 4.75. The maximum absolute atomic E-state index is 12.2. The Labute approximate surface area is 132 Å². The first-order chi connectivity index (χ1) is 10.2. The molecule has 1 saturated carbocycles. The number of nitrogens with one attached hydrogen (secondary N) is 1. The van der Waals surface area contributed by atoms with Gasteiger partial charge in [0.25, 0.3) is 5.91 Å². The van der Waals surface area contributed by atoms with Gasteiger partial charge in [0.1, 0.15) is 0 Å². The zero-order chi connectivity index (χ0) is 15.2. The van der Waals surface area contributed by atoms with Crippen LogP contribution in [0.5, 0.6) is 11.5 Å². The lowest BCUT2D eigenvalue weighted by Gasteiger charge is -2.12. The number of hydrogen-bond donors (Lipinski definition) is 1. The van der Waals surface area contributed by atoms with Gasteiger partial charge < -0.3 is 9.47 Å². The summed E-state index contributed by atoms with van der Waals surface area (Å²) >= 11 is 3.40. The third-order valence-corrected chi connectivity index (χ3v) is 3.87. The van der Waals surface area contributed by atoms with Gasteiger partial charge in [-0.15, -0.1) is 0 Å². The maximum Gasteiger partial charge on any atom is 0.271 e. The number of hydrogen-bond acceptors (Lipinski definition) is 4. The minimum atomic E-state index is -0.253. The van der Waals surface area contributed by atoms with Crippen LogP contribution in [-0.2, 0) is 0 Å². The molecule has 0 atom stereocenters. The summed E-state index contributed by atoms with van der Waals surface area (Å²) < 4.78 is 11.5. The summed E-state index contributed by atoms with van der Waals surface area (Å²) in [5, 5.41) is 4.17. The van der Waals surface area contributed by atoms with E-state index in [9.17, 15) is 4.79 Å². The van der Waals surface area contributed by atoms with E-state index in [0.29, 0.717) is 28.1 Å². The molecule has 1 aromatic carbocycles. The van der Waals surface area contributed by atoms with Gasteiger partial charge >= 0.3 is 0 Å². The molecule has 1 fully saturated rings. The molecule has 6 heteroatoms. The lowest BCUT2D eigenvalue weighted by molar-refractivity contribution is 0.0954. The van der Waals surface area contributed by atoms with E-state index in [2.05, 4.69) is 26.5 Å². The maximum atomic E-state index is 12.2. The Balaban J connectivity index is 2.17. The average molecular weight is 355 g/mol. The van der Waals surface area contributed by atoms with Gasteiger partial charge in [-0.05, 0) is 60.7 Å². The van der Waals surface area contributed by atoms with E-state index in [1.807, 2.05) is 6.92 Å². The Hall–Kier alpha value is -1.56. The topological polar surface area (TPSA) is 59.9 Å². The van der Waals surface area contributed by atoms with Crippen molar-refractivity contribution in [2.75, 3.05) is 13.7 Å². The molecule has 114 valence electrons. The summed E-state index contributed by atoms with van der Waals surface area (Å²) in [6.45, 7) is 2.42. The van der Waals surface area contributed by atoms with E-state index in [-0.39, 0.29) is 5.91 Å². The van der Waals surface area contributed by atoms with E-state index in [4.69, 9.17) is 9.47 Å². The lowest BCUT2D eigenvalue weighted by atomic mass is 10.2. The summed E-state index contributed by atoms with van der Waals surface area (Å²) in [4.78, 5) is 12.2. The summed E-state index contributed by atoms with van der Waals surface area (Å²) in [6.07, 6.45) is 4.24. The van der Waals surface area contributed by atoms with Crippen molar-refractivity contribution in [3.8, 4) is 11.5 Å². The van der Waals surface area contributed by atoms with E-state index in [1.54, 1.807) is 19.2 Å². The van der Waals surface area contributed by atoms with Gasteiger partial charge in [-0.3, -0.25) is 4.79 Å². The molecule has 21 heavy (non-hydrogen) atoms. The van der Waals surface area contributed by atoms with Crippen LogP contribution in [0.1, 0.15) is 43.0 Å². The van der Waals surface area contributed by atoms with E-state index in [1.165, 1.54) is 0 Å². The number of carbonyl (C=O) groups is 1. The molecular weight excluding hydrogens is 336 g/mol. The summed E-state index contributed by atoms with van der Waals surface area (Å²) in [7, 11) is 1.55. The molecule has 2 rings (SSSR count). The number of nitrogens with zero attached hydrogens (tertiary/aromatic N) is 1. The Morgan fingerprint density at radius 3 is 2.71 bits per heavy atom. The van der Waals surface area contributed by atoms with Crippen LogP contribution in [0.2, 0.25) is 0 Å². The van der Waals surface area contributed by atoms with Gasteiger partial charge in [-0.25, -0.2) is 5.43 Å². The second-order valence-corrected chi connectivity index (χ2v) is 5.60. The number of hydrazone groups is 1. The summed E-state index contributed by atoms with van der Waals surface area (Å²) in [5.41, 5.74) is 4.13. The highest BCUT2D eigenvalue weighted by Gasteiger charge is 2.16. The number of rotatable bonds is 5. The molecule has 1 amide bonds. The first-order valence-corrected chi connectivity index (χ1v) is 7.81. The number of amides is 1. The SMILES string of the molecule is CCOc1c(Br)cc(C(=O)NN=C2CCCC2)cc1OC. The van der Waals surface area contributed by atoms with Gasteiger partial charge in [0.2, 0.25) is 0 Å². The minimum absolute atomic E-state index is 0.253. The van der Waals surface area contributed by atoms with Crippen molar-refractivity contribution in [2.24, 2.45) is 5.10 Å².